The van der Waals surface area contributed by atoms with Gasteiger partial charge in [0.05, 0.1) is 24.5 Å². The van der Waals surface area contributed by atoms with Gasteiger partial charge in [-0.3, -0.25) is 0 Å². The molecule has 0 unspecified atom stereocenters. The summed E-state index contributed by atoms with van der Waals surface area (Å²) in [4.78, 5) is 12.6. The van der Waals surface area contributed by atoms with Gasteiger partial charge in [-0.2, -0.15) is 0 Å². The van der Waals surface area contributed by atoms with Gasteiger partial charge in [-0.25, -0.2) is 15.0 Å². The lowest BCUT2D eigenvalue weighted by molar-refractivity contribution is 0.373. The molecule has 3 rings (SSSR count). The second-order valence-corrected chi connectivity index (χ2v) is 4.01. The van der Waals surface area contributed by atoms with E-state index in [1.807, 2.05) is 12.1 Å². The quantitative estimate of drug-likeness (QED) is 0.759. The molecule has 0 spiro atoms. The lowest BCUT2D eigenvalue weighted by Gasteiger charge is -2.06. The number of phenolic OH excluding ortho intramolecular Hbond substituents is 1. The first-order chi connectivity index (χ1) is 9.28. The fourth-order valence-electron chi connectivity index (χ4n) is 1.87. The first kappa shape index (κ1) is 11.4. The van der Waals surface area contributed by atoms with Crippen LogP contribution in [0.2, 0.25) is 0 Å². The average molecular weight is 253 g/mol. The van der Waals surface area contributed by atoms with E-state index in [9.17, 15) is 5.11 Å². The molecule has 0 atom stereocenters. The number of ether oxygens (including phenoxy) is 1. The maximum Gasteiger partial charge on any atom is 0.161 e. The monoisotopic (exact) mass is 253 g/mol. The lowest BCUT2D eigenvalue weighted by atomic mass is 10.1. The molecule has 0 fully saturated rings. The van der Waals surface area contributed by atoms with E-state index in [2.05, 4.69) is 15.0 Å². The van der Waals surface area contributed by atoms with E-state index in [0.29, 0.717) is 5.75 Å². The van der Waals surface area contributed by atoms with Crippen LogP contribution in [0.3, 0.4) is 0 Å². The molecule has 0 amide bonds. The molecule has 2 heterocycles. The molecule has 3 aromatic rings. The Morgan fingerprint density at radius 1 is 1.11 bits per heavy atom. The van der Waals surface area contributed by atoms with Crippen LogP contribution in [0, 0.1) is 0 Å². The van der Waals surface area contributed by atoms with Crippen LogP contribution in [0.25, 0.3) is 22.3 Å². The highest BCUT2D eigenvalue weighted by molar-refractivity contribution is 5.77. The van der Waals surface area contributed by atoms with E-state index in [1.54, 1.807) is 24.4 Å². The molecule has 0 bridgehead atoms. The predicted molar refractivity (Wildman–Crippen MR) is 71.0 cm³/mol. The third kappa shape index (κ3) is 2.06. The van der Waals surface area contributed by atoms with Crippen LogP contribution in [-0.2, 0) is 0 Å². The molecule has 19 heavy (non-hydrogen) atoms. The molecule has 0 aliphatic carbocycles. The van der Waals surface area contributed by atoms with Crippen molar-refractivity contribution < 1.29 is 9.84 Å². The topological polar surface area (TPSA) is 68.1 Å². The van der Waals surface area contributed by atoms with Crippen molar-refractivity contribution >= 4 is 11.0 Å². The molecule has 2 aromatic heterocycles. The van der Waals surface area contributed by atoms with E-state index in [0.717, 1.165) is 22.3 Å². The Balaban J connectivity index is 2.13. The summed E-state index contributed by atoms with van der Waals surface area (Å²) in [5.41, 5.74) is 3.16. The molecule has 0 saturated heterocycles. The SMILES string of the molecule is COc1cc(-c2ccc3ncncc3n2)ccc1O. The molecule has 0 aliphatic rings. The number of aromatic nitrogens is 3. The number of phenols is 1. The number of rotatable bonds is 2. The normalized spacial score (nSPS) is 10.6. The molecule has 0 aliphatic heterocycles. The summed E-state index contributed by atoms with van der Waals surface area (Å²) in [5, 5.41) is 9.59. The summed E-state index contributed by atoms with van der Waals surface area (Å²) in [6, 6.07) is 8.88. The van der Waals surface area contributed by atoms with Gasteiger partial charge in [0, 0.05) is 5.56 Å². The van der Waals surface area contributed by atoms with Crippen LogP contribution >= 0.6 is 0 Å². The number of pyridine rings is 1. The molecule has 5 nitrogen and oxygen atoms in total. The van der Waals surface area contributed by atoms with Crippen molar-refractivity contribution in [1.29, 1.82) is 0 Å². The van der Waals surface area contributed by atoms with Crippen molar-refractivity contribution in [3.05, 3.63) is 42.9 Å². The molecular formula is C14H11N3O2. The average Bonchev–Trinajstić information content (AvgIpc) is 2.47. The lowest BCUT2D eigenvalue weighted by Crippen LogP contribution is -1.89. The van der Waals surface area contributed by atoms with E-state index < -0.39 is 0 Å². The number of fused-ring (bicyclic) bond motifs is 1. The van der Waals surface area contributed by atoms with Gasteiger partial charge >= 0.3 is 0 Å². The van der Waals surface area contributed by atoms with Gasteiger partial charge in [0.1, 0.15) is 11.8 Å². The van der Waals surface area contributed by atoms with Crippen molar-refractivity contribution in [2.45, 2.75) is 0 Å². The van der Waals surface area contributed by atoms with Crippen LogP contribution in [0.5, 0.6) is 11.5 Å². The Morgan fingerprint density at radius 3 is 2.84 bits per heavy atom. The predicted octanol–water partition coefficient (Wildman–Crippen LogP) is 2.41. The van der Waals surface area contributed by atoms with Crippen molar-refractivity contribution in [3.63, 3.8) is 0 Å². The Kier molecular flexibility index (Phi) is 2.72. The van der Waals surface area contributed by atoms with Crippen LogP contribution in [0.15, 0.2) is 42.9 Å². The number of methoxy groups -OCH3 is 1. The Bertz CT molecular complexity index is 744. The molecular weight excluding hydrogens is 242 g/mol. The summed E-state index contributed by atoms with van der Waals surface area (Å²) < 4.78 is 5.09. The molecule has 94 valence electrons. The summed E-state index contributed by atoms with van der Waals surface area (Å²) in [6.07, 6.45) is 3.16. The Labute approximate surface area is 109 Å². The Hall–Kier alpha value is -2.69. The summed E-state index contributed by atoms with van der Waals surface area (Å²) in [5.74, 6) is 0.527. The number of aromatic hydroxyl groups is 1. The maximum absolute atomic E-state index is 9.59. The third-order valence-electron chi connectivity index (χ3n) is 2.84. The van der Waals surface area contributed by atoms with Gasteiger partial charge in [-0.05, 0) is 30.3 Å². The van der Waals surface area contributed by atoms with Gasteiger partial charge in [-0.15, -0.1) is 0 Å². The molecule has 1 aromatic carbocycles. The molecule has 1 N–H and O–H groups in total. The first-order valence-corrected chi connectivity index (χ1v) is 5.72. The summed E-state index contributed by atoms with van der Waals surface area (Å²) in [6.45, 7) is 0. The van der Waals surface area contributed by atoms with E-state index in [4.69, 9.17) is 4.74 Å². The van der Waals surface area contributed by atoms with Crippen molar-refractivity contribution in [2.24, 2.45) is 0 Å². The Morgan fingerprint density at radius 2 is 2.00 bits per heavy atom. The van der Waals surface area contributed by atoms with Gasteiger partial charge < -0.3 is 9.84 Å². The van der Waals surface area contributed by atoms with Gasteiger partial charge in [0.25, 0.3) is 0 Å². The first-order valence-electron chi connectivity index (χ1n) is 5.72. The summed E-state index contributed by atoms with van der Waals surface area (Å²) in [7, 11) is 1.51. The standard InChI is InChI=1S/C14H11N3O2/c1-19-14-6-9(2-5-13(14)18)10-3-4-11-12(17-10)7-15-8-16-11/h2-8,18H,1H3. The van der Waals surface area contributed by atoms with Gasteiger partial charge in [0.15, 0.2) is 11.5 Å². The zero-order chi connectivity index (χ0) is 13.2. The molecule has 0 saturated carbocycles. The second-order valence-electron chi connectivity index (χ2n) is 4.01. The van der Waals surface area contributed by atoms with Crippen molar-refractivity contribution in [3.8, 4) is 22.8 Å². The second kappa shape index (κ2) is 4.53. The minimum Gasteiger partial charge on any atom is -0.504 e. The smallest absolute Gasteiger partial charge is 0.161 e. The number of nitrogens with zero attached hydrogens (tertiary/aromatic N) is 3. The van der Waals surface area contributed by atoms with Crippen LogP contribution < -0.4 is 4.74 Å². The number of benzene rings is 1. The highest BCUT2D eigenvalue weighted by Gasteiger charge is 2.06. The highest BCUT2D eigenvalue weighted by atomic mass is 16.5. The van der Waals surface area contributed by atoms with E-state index >= 15 is 0 Å². The maximum atomic E-state index is 9.59. The van der Waals surface area contributed by atoms with Crippen molar-refractivity contribution in [2.75, 3.05) is 7.11 Å². The minimum absolute atomic E-state index is 0.107. The fraction of sp³-hybridized carbons (Fsp3) is 0.0714. The largest absolute Gasteiger partial charge is 0.504 e. The van der Waals surface area contributed by atoms with Crippen LogP contribution in [0.1, 0.15) is 0 Å². The van der Waals surface area contributed by atoms with E-state index in [1.165, 1.54) is 13.4 Å². The number of hydrogen-bond acceptors (Lipinski definition) is 5. The van der Waals surface area contributed by atoms with Crippen LogP contribution in [-0.4, -0.2) is 27.2 Å². The fourth-order valence-corrected chi connectivity index (χ4v) is 1.87. The molecule has 0 radical (unpaired) electrons. The van der Waals surface area contributed by atoms with Gasteiger partial charge in [0.2, 0.25) is 0 Å². The van der Waals surface area contributed by atoms with Crippen molar-refractivity contribution in [1.82, 2.24) is 15.0 Å². The number of hydrogen-bond donors (Lipinski definition) is 1. The van der Waals surface area contributed by atoms with E-state index in [-0.39, 0.29) is 5.75 Å². The highest BCUT2D eigenvalue weighted by Crippen LogP contribution is 2.31. The third-order valence-corrected chi connectivity index (χ3v) is 2.84. The minimum atomic E-state index is 0.107. The zero-order valence-corrected chi connectivity index (χ0v) is 10.2. The van der Waals surface area contributed by atoms with Crippen LogP contribution in [0.4, 0.5) is 0 Å². The zero-order valence-electron chi connectivity index (χ0n) is 10.2. The molecule has 5 heteroatoms. The van der Waals surface area contributed by atoms with Gasteiger partial charge in [-0.1, -0.05) is 0 Å². The summed E-state index contributed by atoms with van der Waals surface area (Å²) >= 11 is 0.